The zero-order valence-electron chi connectivity index (χ0n) is 15.4. The zero-order chi connectivity index (χ0) is 20.0. The molecule has 0 N–H and O–H groups in total. The first kappa shape index (κ1) is 18.8. The van der Waals surface area contributed by atoms with Crippen LogP contribution in [0.25, 0.3) is 5.52 Å². The van der Waals surface area contributed by atoms with E-state index >= 15 is 0 Å². The Bertz CT molecular complexity index is 1060. The minimum Gasteiger partial charge on any atom is -0.445 e. The summed E-state index contributed by atoms with van der Waals surface area (Å²) in [7, 11) is 0. The maximum absolute atomic E-state index is 13.1. The van der Waals surface area contributed by atoms with Crippen molar-refractivity contribution in [3.8, 4) is 0 Å². The van der Waals surface area contributed by atoms with Crippen molar-refractivity contribution in [1.82, 2.24) is 19.3 Å². The van der Waals surface area contributed by atoms with Gasteiger partial charge in [-0.05, 0) is 27.9 Å². The van der Waals surface area contributed by atoms with Gasteiger partial charge in [0.05, 0.1) is 25.3 Å². The predicted molar refractivity (Wildman–Crippen MR) is 110 cm³/mol. The van der Waals surface area contributed by atoms with E-state index in [1.165, 1.54) is 0 Å². The number of halogens is 2. The predicted octanol–water partition coefficient (Wildman–Crippen LogP) is 4.24. The molecule has 7 nitrogen and oxygen atoms in total. The molecule has 29 heavy (non-hydrogen) atoms. The maximum atomic E-state index is 13.1. The van der Waals surface area contributed by atoms with Gasteiger partial charge in [0.25, 0.3) is 0 Å². The van der Waals surface area contributed by atoms with Gasteiger partial charge in [-0.2, -0.15) is 0 Å². The van der Waals surface area contributed by atoms with Gasteiger partial charge in [0.15, 0.2) is 5.15 Å². The largest absolute Gasteiger partial charge is 0.445 e. The number of carbonyl (C=O) groups is 1. The number of hydrogen-bond acceptors (Lipinski definition) is 5. The summed E-state index contributed by atoms with van der Waals surface area (Å²) in [5.41, 5.74) is 1.64. The molecule has 3 aromatic rings. The molecular weight excluding hydrogens is 460 g/mol. The highest BCUT2D eigenvalue weighted by atomic mass is 79.9. The Balaban J connectivity index is 1.47. The van der Waals surface area contributed by atoms with Crippen LogP contribution in [-0.2, 0) is 16.1 Å². The van der Waals surface area contributed by atoms with Crippen LogP contribution in [0.4, 0.5) is 4.79 Å². The minimum atomic E-state index is -0.357. The number of ether oxygens (including phenoxy) is 2. The Kier molecular flexibility index (Phi) is 4.93. The van der Waals surface area contributed by atoms with Crippen molar-refractivity contribution in [3.63, 3.8) is 0 Å². The summed E-state index contributed by atoms with van der Waals surface area (Å²) in [6.07, 6.45) is 3.84. The molecule has 2 fully saturated rings. The molecular formula is C20H18BrClN4O3. The van der Waals surface area contributed by atoms with Gasteiger partial charge in [0.2, 0.25) is 0 Å². The van der Waals surface area contributed by atoms with E-state index in [2.05, 4.69) is 25.9 Å². The van der Waals surface area contributed by atoms with Crippen molar-refractivity contribution in [1.29, 1.82) is 0 Å². The number of nitrogens with zero attached hydrogens (tertiary/aromatic N) is 4. The van der Waals surface area contributed by atoms with Crippen LogP contribution in [0, 0.1) is 5.92 Å². The lowest BCUT2D eigenvalue weighted by Crippen LogP contribution is -2.40. The molecule has 150 valence electrons. The summed E-state index contributed by atoms with van der Waals surface area (Å²) in [4.78, 5) is 23.7. The van der Waals surface area contributed by atoms with Crippen LogP contribution in [-0.4, -0.2) is 44.6 Å². The normalized spacial score (nSPS) is 23.5. The van der Waals surface area contributed by atoms with E-state index in [1.807, 2.05) is 40.9 Å². The second-order valence-electron chi connectivity index (χ2n) is 7.26. The van der Waals surface area contributed by atoms with E-state index in [1.54, 1.807) is 11.1 Å². The molecule has 1 aromatic carbocycles. The van der Waals surface area contributed by atoms with Crippen LogP contribution < -0.4 is 0 Å². The lowest BCUT2D eigenvalue weighted by molar-refractivity contribution is 0.0653. The summed E-state index contributed by atoms with van der Waals surface area (Å²) in [6.45, 7) is 1.37. The van der Waals surface area contributed by atoms with Gasteiger partial charge in [-0.3, -0.25) is 9.30 Å². The average molecular weight is 478 g/mol. The fraction of sp³-hybridized carbons (Fsp3) is 0.350. The Labute approximate surface area is 180 Å². The highest BCUT2D eigenvalue weighted by Crippen LogP contribution is 2.44. The summed E-state index contributed by atoms with van der Waals surface area (Å²) < 4.78 is 13.8. The van der Waals surface area contributed by atoms with Gasteiger partial charge in [-0.15, -0.1) is 0 Å². The third-order valence-electron chi connectivity index (χ3n) is 5.59. The molecule has 3 unspecified atom stereocenters. The van der Waals surface area contributed by atoms with Gasteiger partial charge in [-0.1, -0.05) is 41.9 Å². The van der Waals surface area contributed by atoms with E-state index in [9.17, 15) is 4.79 Å². The van der Waals surface area contributed by atoms with Crippen molar-refractivity contribution in [2.75, 3.05) is 13.2 Å². The SMILES string of the molecule is O=C(OCc1ccccc1)N1C(c2nc(Br)c3c(Cl)nccn23)CC2COCC21. The van der Waals surface area contributed by atoms with E-state index in [4.69, 9.17) is 21.1 Å². The number of benzene rings is 1. The topological polar surface area (TPSA) is 69.0 Å². The molecule has 2 saturated heterocycles. The third kappa shape index (κ3) is 3.29. The third-order valence-corrected chi connectivity index (χ3v) is 6.42. The minimum absolute atomic E-state index is 0.0216. The van der Waals surface area contributed by atoms with Crippen LogP contribution in [0.2, 0.25) is 5.15 Å². The maximum Gasteiger partial charge on any atom is 0.411 e. The Morgan fingerprint density at radius 2 is 2.14 bits per heavy atom. The van der Waals surface area contributed by atoms with Crippen LogP contribution in [0.5, 0.6) is 0 Å². The average Bonchev–Trinajstić information content (AvgIpc) is 3.40. The molecule has 2 aliphatic heterocycles. The molecule has 0 saturated carbocycles. The molecule has 0 aliphatic carbocycles. The summed E-state index contributed by atoms with van der Waals surface area (Å²) in [5, 5.41) is 0.359. The zero-order valence-corrected chi connectivity index (χ0v) is 17.7. The molecule has 4 heterocycles. The van der Waals surface area contributed by atoms with Crippen molar-refractivity contribution in [2.45, 2.75) is 25.1 Å². The second-order valence-corrected chi connectivity index (χ2v) is 8.37. The van der Waals surface area contributed by atoms with Crippen molar-refractivity contribution >= 4 is 39.1 Å². The highest BCUT2D eigenvalue weighted by Gasteiger charge is 2.49. The van der Waals surface area contributed by atoms with Crippen LogP contribution in [0.15, 0.2) is 47.3 Å². The molecule has 0 spiro atoms. The van der Waals surface area contributed by atoms with Gasteiger partial charge < -0.3 is 9.47 Å². The van der Waals surface area contributed by atoms with Crippen molar-refractivity contribution < 1.29 is 14.3 Å². The van der Waals surface area contributed by atoms with Crippen molar-refractivity contribution in [3.05, 3.63) is 63.9 Å². The van der Waals surface area contributed by atoms with Gasteiger partial charge in [-0.25, -0.2) is 14.8 Å². The van der Waals surface area contributed by atoms with E-state index < -0.39 is 0 Å². The van der Waals surface area contributed by atoms with Gasteiger partial charge in [0, 0.05) is 18.3 Å². The van der Waals surface area contributed by atoms with Crippen LogP contribution >= 0.6 is 27.5 Å². The Morgan fingerprint density at radius 3 is 2.97 bits per heavy atom. The lowest BCUT2D eigenvalue weighted by atomic mass is 10.0. The smallest absolute Gasteiger partial charge is 0.411 e. The number of likely N-dealkylation sites (tertiary alicyclic amines) is 1. The van der Waals surface area contributed by atoms with Crippen LogP contribution in [0.1, 0.15) is 23.9 Å². The number of aromatic nitrogens is 3. The molecule has 0 bridgehead atoms. The van der Waals surface area contributed by atoms with Gasteiger partial charge >= 0.3 is 6.09 Å². The van der Waals surface area contributed by atoms with E-state index in [-0.39, 0.29) is 30.7 Å². The number of fused-ring (bicyclic) bond motifs is 2. The standard InChI is InChI=1S/C20H18BrClN4O3/c21-17-16-18(22)23-6-7-25(16)19(24-17)14-8-13-10-28-11-15(13)26(14)20(27)29-9-12-4-2-1-3-5-12/h1-7,13-15H,8-11H2. The molecule has 2 aliphatic rings. The molecule has 9 heteroatoms. The Morgan fingerprint density at radius 1 is 1.31 bits per heavy atom. The van der Waals surface area contributed by atoms with Gasteiger partial charge in [0.1, 0.15) is 22.6 Å². The number of hydrogen-bond donors (Lipinski definition) is 0. The number of rotatable bonds is 3. The fourth-order valence-electron chi connectivity index (χ4n) is 4.26. The number of carbonyl (C=O) groups excluding carboxylic acids is 1. The quantitative estimate of drug-likeness (QED) is 0.564. The first-order valence-corrected chi connectivity index (χ1v) is 10.6. The first-order chi connectivity index (χ1) is 14.1. The molecule has 3 atom stereocenters. The summed E-state index contributed by atoms with van der Waals surface area (Å²) in [5.74, 6) is 0.995. The summed E-state index contributed by atoms with van der Waals surface area (Å²) >= 11 is 9.75. The second kappa shape index (κ2) is 7.59. The lowest BCUT2D eigenvalue weighted by Gasteiger charge is -2.27. The van der Waals surface area contributed by atoms with Crippen molar-refractivity contribution in [2.24, 2.45) is 5.92 Å². The van der Waals surface area contributed by atoms with E-state index in [0.717, 1.165) is 17.8 Å². The first-order valence-electron chi connectivity index (χ1n) is 9.38. The molecule has 2 aromatic heterocycles. The fourth-order valence-corrected chi connectivity index (χ4v) is 5.17. The molecule has 5 rings (SSSR count). The highest BCUT2D eigenvalue weighted by molar-refractivity contribution is 9.10. The monoisotopic (exact) mass is 476 g/mol. The summed E-state index contributed by atoms with van der Waals surface area (Å²) in [6, 6.07) is 9.41. The number of imidazole rings is 1. The Hall–Kier alpha value is -2.16. The van der Waals surface area contributed by atoms with Crippen LogP contribution in [0.3, 0.4) is 0 Å². The molecule has 1 amide bonds. The molecule has 0 radical (unpaired) electrons. The number of amides is 1. The van der Waals surface area contributed by atoms with E-state index in [0.29, 0.717) is 28.5 Å².